The van der Waals surface area contributed by atoms with E-state index in [9.17, 15) is 19.2 Å². The molecule has 2 aliphatic rings. The van der Waals surface area contributed by atoms with Crippen LogP contribution in [0.2, 0.25) is 0 Å². The third kappa shape index (κ3) is 8.31. The molecule has 0 saturated carbocycles. The second kappa shape index (κ2) is 11.5. The number of carboxylic acid groups (broad SMARTS) is 1. The molecule has 9 heteroatoms. The lowest BCUT2D eigenvalue weighted by Gasteiger charge is -2.35. The van der Waals surface area contributed by atoms with Crippen molar-refractivity contribution in [3.63, 3.8) is 0 Å². The van der Waals surface area contributed by atoms with Crippen LogP contribution >= 0.6 is 0 Å². The summed E-state index contributed by atoms with van der Waals surface area (Å²) in [6, 6.07) is 0. The molecule has 1 atom stereocenters. The largest absolute Gasteiger partial charge is 0.481 e. The topological polar surface area (TPSA) is 107 Å². The third-order valence-electron chi connectivity index (χ3n) is 6.19. The van der Waals surface area contributed by atoms with Crippen molar-refractivity contribution in [1.29, 1.82) is 0 Å². The summed E-state index contributed by atoms with van der Waals surface area (Å²) in [5.41, 5.74) is -0.501. The number of aliphatic carboxylic acids is 1. The van der Waals surface area contributed by atoms with E-state index in [4.69, 9.17) is 9.84 Å². The minimum atomic E-state index is -0.929. The standard InChI is InChI=1S/C23H39N3O6/c1-23(2,3)32-22(31)25-14-9-17(10-15-25)7-8-19(27)26-12-5-6-18(16-26)21(30)24(4)13-11-20(28)29/h17-18H,5-16H2,1-4H3,(H,28,29). The summed E-state index contributed by atoms with van der Waals surface area (Å²) in [5.74, 6) is -0.795. The van der Waals surface area contributed by atoms with Crippen molar-refractivity contribution in [2.75, 3.05) is 39.8 Å². The summed E-state index contributed by atoms with van der Waals surface area (Å²) in [6.45, 7) is 8.13. The summed E-state index contributed by atoms with van der Waals surface area (Å²) in [4.78, 5) is 53.3. The Balaban J connectivity index is 1.73. The van der Waals surface area contributed by atoms with Gasteiger partial charge < -0.3 is 24.5 Å². The maximum atomic E-state index is 12.8. The minimum absolute atomic E-state index is 0.0743. The molecule has 3 amide bonds. The molecule has 0 aromatic heterocycles. The molecule has 1 N–H and O–H groups in total. The molecule has 2 saturated heterocycles. The van der Waals surface area contributed by atoms with E-state index in [1.54, 1.807) is 16.8 Å². The van der Waals surface area contributed by atoms with E-state index in [0.717, 1.165) is 32.1 Å². The fourth-order valence-corrected chi connectivity index (χ4v) is 4.31. The van der Waals surface area contributed by atoms with Crippen molar-refractivity contribution in [3.8, 4) is 0 Å². The molecule has 2 rings (SSSR count). The molecule has 1 unspecified atom stereocenters. The Kier molecular flexibility index (Phi) is 9.33. The molecule has 0 aromatic carbocycles. The molecule has 0 bridgehead atoms. The highest BCUT2D eigenvalue weighted by Gasteiger charge is 2.31. The number of piperidine rings is 2. The van der Waals surface area contributed by atoms with Crippen LogP contribution in [0.5, 0.6) is 0 Å². The molecule has 182 valence electrons. The summed E-state index contributed by atoms with van der Waals surface area (Å²) in [5, 5.41) is 8.81. The number of carbonyl (C=O) groups is 4. The Bertz CT molecular complexity index is 682. The van der Waals surface area contributed by atoms with Crippen LogP contribution in [-0.4, -0.2) is 89.1 Å². The number of rotatable bonds is 7. The Morgan fingerprint density at radius 2 is 1.66 bits per heavy atom. The number of hydrogen-bond donors (Lipinski definition) is 1. The SMILES string of the molecule is CN(CCC(=O)O)C(=O)C1CCCN(C(=O)CCC2CCN(C(=O)OC(C)(C)C)CC2)C1. The minimum Gasteiger partial charge on any atom is -0.481 e. The predicted molar refractivity (Wildman–Crippen MR) is 119 cm³/mol. The molecule has 0 aromatic rings. The van der Waals surface area contributed by atoms with Gasteiger partial charge in [0.15, 0.2) is 0 Å². The number of hydrogen-bond acceptors (Lipinski definition) is 5. The molecule has 32 heavy (non-hydrogen) atoms. The van der Waals surface area contributed by atoms with Crippen molar-refractivity contribution in [2.45, 2.75) is 71.3 Å². The van der Waals surface area contributed by atoms with Gasteiger partial charge in [-0.2, -0.15) is 0 Å². The van der Waals surface area contributed by atoms with Gasteiger partial charge in [-0.1, -0.05) is 0 Å². The van der Waals surface area contributed by atoms with Crippen molar-refractivity contribution in [1.82, 2.24) is 14.7 Å². The highest BCUT2D eigenvalue weighted by molar-refractivity contribution is 5.81. The third-order valence-corrected chi connectivity index (χ3v) is 6.19. The van der Waals surface area contributed by atoms with E-state index < -0.39 is 11.6 Å². The average Bonchev–Trinajstić information content (AvgIpc) is 2.74. The van der Waals surface area contributed by atoms with E-state index >= 15 is 0 Å². The smallest absolute Gasteiger partial charge is 0.410 e. The number of ether oxygens (including phenoxy) is 1. The Morgan fingerprint density at radius 3 is 2.25 bits per heavy atom. The van der Waals surface area contributed by atoms with Crippen LogP contribution in [0.4, 0.5) is 4.79 Å². The van der Waals surface area contributed by atoms with Crippen LogP contribution in [0.1, 0.15) is 65.7 Å². The van der Waals surface area contributed by atoms with E-state index in [0.29, 0.717) is 38.5 Å². The fraction of sp³-hybridized carbons (Fsp3) is 0.826. The lowest BCUT2D eigenvalue weighted by atomic mass is 9.91. The van der Waals surface area contributed by atoms with Crippen molar-refractivity contribution in [3.05, 3.63) is 0 Å². The number of carboxylic acids is 1. The molecule has 2 aliphatic heterocycles. The molecular weight excluding hydrogens is 414 g/mol. The maximum Gasteiger partial charge on any atom is 0.410 e. The van der Waals surface area contributed by atoms with Gasteiger partial charge >= 0.3 is 12.1 Å². The molecule has 2 heterocycles. The van der Waals surface area contributed by atoms with Gasteiger partial charge in [0.25, 0.3) is 0 Å². The normalized spacial score (nSPS) is 20.1. The first kappa shape index (κ1) is 25.9. The molecule has 0 radical (unpaired) electrons. The van der Waals surface area contributed by atoms with Gasteiger partial charge in [0.05, 0.1) is 12.3 Å². The number of nitrogens with zero attached hydrogens (tertiary/aromatic N) is 3. The van der Waals surface area contributed by atoms with E-state index in [2.05, 4.69) is 0 Å². The molecular formula is C23H39N3O6. The van der Waals surface area contributed by atoms with Gasteiger partial charge in [-0.05, 0) is 58.8 Å². The van der Waals surface area contributed by atoms with Gasteiger partial charge in [0.2, 0.25) is 11.8 Å². The highest BCUT2D eigenvalue weighted by Crippen LogP contribution is 2.25. The first-order chi connectivity index (χ1) is 15.0. The summed E-state index contributed by atoms with van der Waals surface area (Å²) >= 11 is 0. The molecule has 0 aliphatic carbocycles. The van der Waals surface area contributed by atoms with Crippen LogP contribution in [0.25, 0.3) is 0 Å². The molecule has 9 nitrogen and oxygen atoms in total. The zero-order valence-corrected chi connectivity index (χ0v) is 20.0. The van der Waals surface area contributed by atoms with Crippen molar-refractivity contribution >= 4 is 23.9 Å². The lowest BCUT2D eigenvalue weighted by Crippen LogP contribution is -2.46. The zero-order chi connectivity index (χ0) is 23.9. The van der Waals surface area contributed by atoms with Crippen LogP contribution in [0, 0.1) is 11.8 Å². The first-order valence-corrected chi connectivity index (χ1v) is 11.7. The van der Waals surface area contributed by atoms with Crippen molar-refractivity contribution in [2.24, 2.45) is 11.8 Å². The second-order valence-electron chi connectivity index (χ2n) is 10.0. The number of likely N-dealkylation sites (tertiary alicyclic amines) is 2. The Labute approximate surface area is 191 Å². The van der Waals surface area contributed by atoms with Gasteiger partial charge in [-0.25, -0.2) is 4.79 Å². The van der Waals surface area contributed by atoms with Gasteiger partial charge in [0, 0.05) is 46.2 Å². The molecule has 0 spiro atoms. The van der Waals surface area contributed by atoms with Crippen LogP contribution < -0.4 is 0 Å². The van der Waals surface area contributed by atoms with Crippen molar-refractivity contribution < 1.29 is 29.0 Å². The van der Waals surface area contributed by atoms with E-state index in [1.807, 2.05) is 20.8 Å². The fourth-order valence-electron chi connectivity index (χ4n) is 4.31. The highest BCUT2D eigenvalue weighted by atomic mass is 16.6. The van der Waals surface area contributed by atoms with Gasteiger partial charge in [-0.3, -0.25) is 14.4 Å². The Hall–Kier alpha value is -2.32. The van der Waals surface area contributed by atoms with Gasteiger partial charge in [-0.15, -0.1) is 0 Å². The zero-order valence-electron chi connectivity index (χ0n) is 20.0. The first-order valence-electron chi connectivity index (χ1n) is 11.7. The quantitative estimate of drug-likeness (QED) is 0.635. The van der Waals surface area contributed by atoms with E-state index in [1.165, 1.54) is 4.90 Å². The predicted octanol–water partition coefficient (Wildman–Crippen LogP) is 2.59. The monoisotopic (exact) mass is 453 g/mol. The summed E-state index contributed by atoms with van der Waals surface area (Å²) in [7, 11) is 1.62. The summed E-state index contributed by atoms with van der Waals surface area (Å²) < 4.78 is 5.43. The second-order valence-corrected chi connectivity index (χ2v) is 10.0. The van der Waals surface area contributed by atoms with E-state index in [-0.39, 0.29) is 36.8 Å². The average molecular weight is 454 g/mol. The number of amides is 3. The Morgan fingerprint density at radius 1 is 1.00 bits per heavy atom. The van der Waals surface area contributed by atoms with Crippen LogP contribution in [0.15, 0.2) is 0 Å². The summed E-state index contributed by atoms with van der Waals surface area (Å²) in [6.07, 6.45) is 4.12. The lowest BCUT2D eigenvalue weighted by molar-refractivity contribution is -0.141. The van der Waals surface area contributed by atoms with Gasteiger partial charge in [0.1, 0.15) is 5.60 Å². The van der Waals surface area contributed by atoms with Crippen LogP contribution in [-0.2, 0) is 19.1 Å². The van der Waals surface area contributed by atoms with Crippen LogP contribution in [0.3, 0.4) is 0 Å². The number of carbonyl (C=O) groups excluding carboxylic acids is 3. The maximum absolute atomic E-state index is 12.8. The molecule has 2 fully saturated rings.